The summed E-state index contributed by atoms with van der Waals surface area (Å²) in [6.45, 7) is 1.66. The van der Waals surface area contributed by atoms with Gasteiger partial charge in [0.2, 0.25) is 11.9 Å². The Hall–Kier alpha value is -1.13. The van der Waals surface area contributed by atoms with Gasteiger partial charge in [-0.05, 0) is 6.92 Å². The third-order valence-electron chi connectivity index (χ3n) is 1.90. The van der Waals surface area contributed by atoms with Crippen molar-refractivity contribution < 1.29 is 9.72 Å². The van der Waals surface area contributed by atoms with Crippen molar-refractivity contribution in [2.24, 2.45) is 0 Å². The average molecular weight is 158 g/mol. The quantitative estimate of drug-likeness (QED) is 0.429. The Balaban J connectivity index is 2.57. The summed E-state index contributed by atoms with van der Waals surface area (Å²) in [4.78, 5) is 20.7. The summed E-state index contributed by atoms with van der Waals surface area (Å²) in [5, 5.41) is 12.9. The van der Waals surface area contributed by atoms with E-state index >= 15 is 0 Å². The molecule has 5 nitrogen and oxygen atoms in total. The lowest BCUT2D eigenvalue weighted by Gasteiger charge is -2.22. The van der Waals surface area contributed by atoms with Gasteiger partial charge in [0.1, 0.15) is 0 Å². The maximum atomic E-state index is 10.7. The van der Waals surface area contributed by atoms with Gasteiger partial charge in [-0.25, -0.2) is 0 Å². The highest BCUT2D eigenvalue weighted by Crippen LogP contribution is 2.11. The number of hydrogen-bond acceptors (Lipinski definition) is 3. The molecule has 1 saturated heterocycles. The second-order valence-electron chi connectivity index (χ2n) is 2.75. The number of carbonyl (C=O) groups is 1. The highest BCUT2D eigenvalue weighted by atomic mass is 16.6. The van der Waals surface area contributed by atoms with E-state index in [4.69, 9.17) is 0 Å². The molecule has 1 aliphatic rings. The van der Waals surface area contributed by atoms with E-state index in [2.05, 4.69) is 5.32 Å². The SMILES string of the molecule is C[C@@H]1NC(=O)CC[C@H]1[N+](=O)[O-]. The fourth-order valence-electron chi connectivity index (χ4n) is 1.24. The molecule has 1 rings (SSSR count). The second-order valence-corrected chi connectivity index (χ2v) is 2.75. The zero-order chi connectivity index (χ0) is 8.43. The van der Waals surface area contributed by atoms with E-state index in [1.165, 1.54) is 0 Å². The molecule has 0 spiro atoms. The summed E-state index contributed by atoms with van der Waals surface area (Å²) in [7, 11) is 0. The molecule has 2 atom stereocenters. The van der Waals surface area contributed by atoms with Gasteiger partial charge in [0.15, 0.2) is 0 Å². The van der Waals surface area contributed by atoms with E-state index in [0.717, 1.165) is 0 Å². The van der Waals surface area contributed by atoms with Crippen molar-refractivity contribution in [2.45, 2.75) is 31.8 Å². The summed E-state index contributed by atoms with van der Waals surface area (Å²) in [6.07, 6.45) is 0.635. The number of piperidine rings is 1. The van der Waals surface area contributed by atoms with Crippen molar-refractivity contribution in [3.8, 4) is 0 Å². The molecule has 5 heteroatoms. The van der Waals surface area contributed by atoms with Crippen LogP contribution in [0.15, 0.2) is 0 Å². The summed E-state index contributed by atoms with van der Waals surface area (Å²) in [6, 6.07) is -0.932. The van der Waals surface area contributed by atoms with E-state index in [1.54, 1.807) is 6.92 Å². The van der Waals surface area contributed by atoms with Gasteiger partial charge in [0.25, 0.3) is 0 Å². The van der Waals surface area contributed by atoms with Gasteiger partial charge in [0, 0.05) is 17.8 Å². The molecule has 0 aliphatic carbocycles. The molecule has 0 unspecified atom stereocenters. The standard InChI is InChI=1S/C6H10N2O3/c1-4-5(8(10)11)2-3-6(9)7-4/h4-5H,2-3H2,1H3,(H,7,9)/t4-,5+/m0/s1. The molecule has 0 aromatic rings. The van der Waals surface area contributed by atoms with E-state index in [1.807, 2.05) is 0 Å². The smallest absolute Gasteiger partial charge is 0.233 e. The molecule has 1 fully saturated rings. The Labute approximate surface area is 63.9 Å². The van der Waals surface area contributed by atoms with Crippen molar-refractivity contribution in [1.29, 1.82) is 0 Å². The normalized spacial score (nSPS) is 31.2. The van der Waals surface area contributed by atoms with Crippen LogP contribution in [0.25, 0.3) is 0 Å². The van der Waals surface area contributed by atoms with Gasteiger partial charge in [-0.15, -0.1) is 0 Å². The number of nitrogens with zero attached hydrogens (tertiary/aromatic N) is 1. The highest BCUT2D eigenvalue weighted by molar-refractivity contribution is 5.77. The lowest BCUT2D eigenvalue weighted by atomic mass is 10.0. The molecule has 1 aliphatic heterocycles. The van der Waals surface area contributed by atoms with Crippen molar-refractivity contribution in [1.82, 2.24) is 5.32 Å². The van der Waals surface area contributed by atoms with Crippen molar-refractivity contribution in [3.63, 3.8) is 0 Å². The third-order valence-corrected chi connectivity index (χ3v) is 1.90. The first-order chi connectivity index (χ1) is 5.11. The van der Waals surface area contributed by atoms with Crippen LogP contribution in [0.1, 0.15) is 19.8 Å². The fraction of sp³-hybridized carbons (Fsp3) is 0.833. The Bertz CT molecular complexity index is 192. The Kier molecular flexibility index (Phi) is 2.07. The molecule has 0 saturated carbocycles. The minimum atomic E-state index is -0.604. The van der Waals surface area contributed by atoms with Crippen LogP contribution in [-0.4, -0.2) is 22.9 Å². The molecule has 0 aromatic heterocycles. The second kappa shape index (κ2) is 2.86. The molecule has 1 N–H and O–H groups in total. The van der Waals surface area contributed by atoms with Crippen LogP contribution in [0.2, 0.25) is 0 Å². The zero-order valence-corrected chi connectivity index (χ0v) is 6.24. The van der Waals surface area contributed by atoms with E-state index in [9.17, 15) is 14.9 Å². The van der Waals surface area contributed by atoms with E-state index in [-0.39, 0.29) is 23.3 Å². The predicted octanol–water partition coefficient (Wildman–Crippen LogP) is -0.0698. The van der Waals surface area contributed by atoms with Crippen LogP contribution in [0.5, 0.6) is 0 Å². The lowest BCUT2D eigenvalue weighted by molar-refractivity contribution is -0.527. The number of carbonyl (C=O) groups excluding carboxylic acids is 1. The number of nitrogens with one attached hydrogen (secondary N) is 1. The van der Waals surface area contributed by atoms with Gasteiger partial charge in [0.05, 0.1) is 6.04 Å². The molecule has 62 valence electrons. The summed E-state index contributed by atoms with van der Waals surface area (Å²) < 4.78 is 0. The topological polar surface area (TPSA) is 72.2 Å². The Morgan fingerprint density at radius 1 is 1.73 bits per heavy atom. The third kappa shape index (κ3) is 1.66. The van der Waals surface area contributed by atoms with Gasteiger partial charge in [-0.2, -0.15) is 0 Å². The van der Waals surface area contributed by atoms with E-state index in [0.29, 0.717) is 6.42 Å². The minimum absolute atomic E-state index is 0.0874. The number of rotatable bonds is 1. The average Bonchev–Trinajstić information content (AvgIpc) is 1.85. The molecule has 0 bridgehead atoms. The van der Waals surface area contributed by atoms with Crippen LogP contribution in [0.3, 0.4) is 0 Å². The van der Waals surface area contributed by atoms with Crippen LogP contribution in [0, 0.1) is 10.1 Å². The maximum absolute atomic E-state index is 10.7. The van der Waals surface area contributed by atoms with Gasteiger partial charge in [-0.1, -0.05) is 0 Å². The summed E-state index contributed by atoms with van der Waals surface area (Å²) in [5.74, 6) is -0.0874. The monoisotopic (exact) mass is 158 g/mol. The first kappa shape index (κ1) is 7.97. The molecule has 0 radical (unpaired) electrons. The predicted molar refractivity (Wildman–Crippen MR) is 37.6 cm³/mol. The van der Waals surface area contributed by atoms with Gasteiger partial charge in [-0.3, -0.25) is 14.9 Å². The number of hydrogen-bond donors (Lipinski definition) is 1. The molecular formula is C6H10N2O3. The number of amides is 1. The van der Waals surface area contributed by atoms with Crippen LogP contribution >= 0.6 is 0 Å². The van der Waals surface area contributed by atoms with Gasteiger partial charge < -0.3 is 5.32 Å². The van der Waals surface area contributed by atoms with E-state index < -0.39 is 6.04 Å². The van der Waals surface area contributed by atoms with Crippen LogP contribution in [-0.2, 0) is 4.79 Å². The Morgan fingerprint density at radius 2 is 2.36 bits per heavy atom. The first-order valence-electron chi connectivity index (χ1n) is 3.54. The molecule has 1 heterocycles. The van der Waals surface area contributed by atoms with Gasteiger partial charge >= 0.3 is 0 Å². The van der Waals surface area contributed by atoms with Crippen molar-refractivity contribution in [2.75, 3.05) is 0 Å². The molecular weight excluding hydrogens is 148 g/mol. The summed E-state index contributed by atoms with van der Waals surface area (Å²) >= 11 is 0. The summed E-state index contributed by atoms with van der Waals surface area (Å²) in [5.41, 5.74) is 0. The Morgan fingerprint density at radius 3 is 2.82 bits per heavy atom. The number of nitro groups is 1. The maximum Gasteiger partial charge on any atom is 0.233 e. The minimum Gasteiger partial charge on any atom is -0.347 e. The van der Waals surface area contributed by atoms with Crippen molar-refractivity contribution >= 4 is 5.91 Å². The molecule has 1 amide bonds. The highest BCUT2D eigenvalue weighted by Gasteiger charge is 2.33. The molecule has 0 aromatic carbocycles. The first-order valence-corrected chi connectivity index (χ1v) is 3.54. The fourth-order valence-corrected chi connectivity index (χ4v) is 1.24. The zero-order valence-electron chi connectivity index (χ0n) is 6.24. The van der Waals surface area contributed by atoms with Crippen LogP contribution in [0.4, 0.5) is 0 Å². The van der Waals surface area contributed by atoms with Crippen LogP contribution < -0.4 is 5.32 Å². The van der Waals surface area contributed by atoms with Crippen molar-refractivity contribution in [3.05, 3.63) is 10.1 Å². The lowest BCUT2D eigenvalue weighted by Crippen LogP contribution is -2.49. The molecule has 11 heavy (non-hydrogen) atoms. The largest absolute Gasteiger partial charge is 0.347 e.